The van der Waals surface area contributed by atoms with Gasteiger partial charge in [0, 0.05) is 13.8 Å². The zero-order valence-electron chi connectivity index (χ0n) is 9.98. The normalized spacial score (nSPS) is 35.9. The molecule has 0 aromatic heterocycles. The molecule has 1 heterocycles. The topological polar surface area (TPSA) is 123 Å². The van der Waals surface area contributed by atoms with Crippen molar-refractivity contribution in [2.24, 2.45) is 0 Å². The minimum atomic E-state index is -1.60. The number of aliphatic hydroxyl groups is 3. The van der Waals surface area contributed by atoms with E-state index in [2.05, 4.69) is 9.47 Å². The second-order valence-electron chi connectivity index (χ2n) is 3.92. The molecular formula is C10H16O8. The first-order chi connectivity index (χ1) is 8.32. The molecule has 0 aromatic carbocycles. The second-order valence-corrected chi connectivity index (χ2v) is 3.92. The van der Waals surface area contributed by atoms with E-state index in [1.165, 1.54) is 6.92 Å². The maximum atomic E-state index is 10.8. The predicted molar refractivity (Wildman–Crippen MR) is 55.1 cm³/mol. The van der Waals surface area contributed by atoms with Crippen LogP contribution in [0.25, 0.3) is 0 Å². The summed E-state index contributed by atoms with van der Waals surface area (Å²) < 4.78 is 14.2. The van der Waals surface area contributed by atoms with Crippen LogP contribution >= 0.6 is 0 Å². The molecule has 1 saturated heterocycles. The highest BCUT2D eigenvalue weighted by atomic mass is 16.7. The van der Waals surface area contributed by atoms with E-state index in [0.717, 1.165) is 6.92 Å². The summed E-state index contributed by atoms with van der Waals surface area (Å²) in [6, 6.07) is 0. The van der Waals surface area contributed by atoms with E-state index in [-0.39, 0.29) is 6.61 Å². The lowest BCUT2D eigenvalue weighted by molar-refractivity contribution is -0.291. The molecular weight excluding hydrogens is 248 g/mol. The summed E-state index contributed by atoms with van der Waals surface area (Å²) in [7, 11) is 0. The summed E-state index contributed by atoms with van der Waals surface area (Å²) in [5.74, 6) is -1.32. The average molecular weight is 264 g/mol. The molecule has 18 heavy (non-hydrogen) atoms. The zero-order valence-corrected chi connectivity index (χ0v) is 9.98. The van der Waals surface area contributed by atoms with Crippen LogP contribution in [-0.2, 0) is 23.8 Å². The van der Waals surface area contributed by atoms with E-state index in [0.29, 0.717) is 0 Å². The van der Waals surface area contributed by atoms with Crippen molar-refractivity contribution < 1.29 is 39.1 Å². The Hall–Kier alpha value is -1.22. The standard InChI is InChI=1S/C10H16O8/c1-4(11)16-3-6-7(13)8(14)9(10(15)18-6)17-5(2)12/h6-10,13-15H,3H2,1-2H3/t6-,7-,8+,9+,10+/m1/s1. The van der Waals surface area contributed by atoms with E-state index in [1.54, 1.807) is 0 Å². The highest BCUT2D eigenvalue weighted by molar-refractivity contribution is 5.66. The maximum Gasteiger partial charge on any atom is 0.303 e. The molecule has 0 unspecified atom stereocenters. The van der Waals surface area contributed by atoms with Crippen LogP contribution < -0.4 is 0 Å². The van der Waals surface area contributed by atoms with E-state index in [4.69, 9.17) is 4.74 Å². The number of ether oxygens (including phenoxy) is 3. The lowest BCUT2D eigenvalue weighted by Gasteiger charge is -2.39. The molecule has 0 aromatic rings. The highest BCUT2D eigenvalue weighted by Gasteiger charge is 2.46. The minimum Gasteiger partial charge on any atom is -0.463 e. The van der Waals surface area contributed by atoms with Crippen molar-refractivity contribution in [3.63, 3.8) is 0 Å². The van der Waals surface area contributed by atoms with Crippen LogP contribution in [-0.4, -0.2) is 64.6 Å². The van der Waals surface area contributed by atoms with Gasteiger partial charge in [0.05, 0.1) is 0 Å². The van der Waals surface area contributed by atoms with Crippen LogP contribution in [0, 0.1) is 0 Å². The molecule has 0 amide bonds. The molecule has 5 atom stereocenters. The van der Waals surface area contributed by atoms with E-state index in [1.807, 2.05) is 0 Å². The van der Waals surface area contributed by atoms with Gasteiger partial charge in [0.15, 0.2) is 12.4 Å². The molecule has 3 N–H and O–H groups in total. The summed E-state index contributed by atoms with van der Waals surface area (Å²) in [6.45, 7) is 1.94. The molecule has 0 spiro atoms. The lowest BCUT2D eigenvalue weighted by Crippen LogP contribution is -2.59. The molecule has 0 saturated carbocycles. The van der Waals surface area contributed by atoms with Gasteiger partial charge >= 0.3 is 11.9 Å². The quantitative estimate of drug-likeness (QED) is 0.496. The van der Waals surface area contributed by atoms with Crippen LogP contribution in [0.5, 0.6) is 0 Å². The Morgan fingerprint density at radius 3 is 2.22 bits per heavy atom. The Morgan fingerprint density at radius 1 is 1.11 bits per heavy atom. The van der Waals surface area contributed by atoms with Crippen LogP contribution in [0.1, 0.15) is 13.8 Å². The summed E-state index contributed by atoms with van der Waals surface area (Å²) in [6.07, 6.45) is -7.06. The fourth-order valence-electron chi connectivity index (χ4n) is 1.58. The Kier molecular flexibility index (Phi) is 5.03. The molecule has 0 radical (unpaired) electrons. The van der Waals surface area contributed by atoms with Gasteiger partial charge in [-0.15, -0.1) is 0 Å². The number of hydrogen-bond donors (Lipinski definition) is 3. The van der Waals surface area contributed by atoms with Gasteiger partial charge in [-0.1, -0.05) is 0 Å². The van der Waals surface area contributed by atoms with Crippen LogP contribution in [0.4, 0.5) is 0 Å². The Morgan fingerprint density at radius 2 is 1.72 bits per heavy atom. The van der Waals surface area contributed by atoms with Crippen LogP contribution in [0.15, 0.2) is 0 Å². The smallest absolute Gasteiger partial charge is 0.303 e. The third-order valence-electron chi connectivity index (χ3n) is 2.42. The summed E-state index contributed by atoms with van der Waals surface area (Å²) >= 11 is 0. The van der Waals surface area contributed by atoms with Gasteiger partial charge in [-0.2, -0.15) is 0 Å². The summed E-state index contributed by atoms with van der Waals surface area (Å²) in [5.41, 5.74) is 0. The van der Waals surface area contributed by atoms with Crippen LogP contribution in [0.2, 0.25) is 0 Å². The molecule has 1 aliphatic rings. The molecule has 8 nitrogen and oxygen atoms in total. The van der Waals surface area contributed by atoms with Crippen molar-refractivity contribution >= 4 is 11.9 Å². The van der Waals surface area contributed by atoms with Crippen molar-refractivity contribution in [1.82, 2.24) is 0 Å². The van der Waals surface area contributed by atoms with Crippen molar-refractivity contribution in [3.8, 4) is 0 Å². The summed E-state index contributed by atoms with van der Waals surface area (Å²) in [5, 5.41) is 28.9. The first-order valence-corrected chi connectivity index (χ1v) is 5.33. The van der Waals surface area contributed by atoms with Gasteiger partial charge in [-0.05, 0) is 0 Å². The van der Waals surface area contributed by atoms with E-state index in [9.17, 15) is 24.9 Å². The predicted octanol–water partition coefficient (Wildman–Crippen LogP) is -2.08. The van der Waals surface area contributed by atoms with Crippen molar-refractivity contribution in [2.45, 2.75) is 44.6 Å². The largest absolute Gasteiger partial charge is 0.463 e. The SMILES string of the molecule is CC(=O)OC[C@H]1O[C@H](O)[C@@H](OC(C)=O)[C@@H](O)[C@@H]1O. The third kappa shape index (κ3) is 3.64. The Balaban J connectivity index is 2.64. The van der Waals surface area contributed by atoms with Gasteiger partial charge < -0.3 is 29.5 Å². The molecule has 0 aliphatic carbocycles. The highest BCUT2D eigenvalue weighted by Crippen LogP contribution is 2.22. The molecule has 1 rings (SSSR count). The number of rotatable bonds is 3. The number of esters is 2. The van der Waals surface area contributed by atoms with Crippen molar-refractivity contribution in [1.29, 1.82) is 0 Å². The molecule has 0 bridgehead atoms. The maximum absolute atomic E-state index is 10.8. The average Bonchev–Trinajstić information content (AvgIpc) is 2.27. The molecule has 8 heteroatoms. The van der Waals surface area contributed by atoms with Crippen molar-refractivity contribution in [3.05, 3.63) is 0 Å². The minimum absolute atomic E-state index is 0.322. The lowest BCUT2D eigenvalue weighted by atomic mass is 9.99. The van der Waals surface area contributed by atoms with Gasteiger partial charge in [0.1, 0.15) is 24.9 Å². The number of carbonyl (C=O) groups excluding carboxylic acids is 2. The number of hydrogen-bond acceptors (Lipinski definition) is 8. The van der Waals surface area contributed by atoms with Gasteiger partial charge in [0.25, 0.3) is 0 Å². The van der Waals surface area contributed by atoms with Gasteiger partial charge in [-0.3, -0.25) is 9.59 Å². The fourth-order valence-corrected chi connectivity index (χ4v) is 1.58. The number of aliphatic hydroxyl groups excluding tert-OH is 3. The second kappa shape index (κ2) is 6.10. The van der Waals surface area contributed by atoms with E-state index >= 15 is 0 Å². The van der Waals surface area contributed by atoms with Gasteiger partial charge in [0.2, 0.25) is 0 Å². The monoisotopic (exact) mass is 264 g/mol. The Bertz CT molecular complexity index is 315. The van der Waals surface area contributed by atoms with Gasteiger partial charge in [-0.25, -0.2) is 0 Å². The number of carbonyl (C=O) groups is 2. The first-order valence-electron chi connectivity index (χ1n) is 5.33. The zero-order chi connectivity index (χ0) is 13.9. The Labute approximate surface area is 103 Å². The molecule has 104 valence electrons. The van der Waals surface area contributed by atoms with E-state index < -0.39 is 42.6 Å². The van der Waals surface area contributed by atoms with Crippen molar-refractivity contribution in [2.75, 3.05) is 6.61 Å². The fraction of sp³-hybridized carbons (Fsp3) is 0.800. The van der Waals surface area contributed by atoms with Crippen LogP contribution in [0.3, 0.4) is 0 Å². The third-order valence-corrected chi connectivity index (χ3v) is 2.42. The first kappa shape index (κ1) is 14.8. The molecule has 1 fully saturated rings. The molecule has 1 aliphatic heterocycles. The summed E-state index contributed by atoms with van der Waals surface area (Å²) in [4.78, 5) is 21.4.